The molecule has 3 aromatic heterocycles. The summed E-state index contributed by atoms with van der Waals surface area (Å²) < 4.78 is 44.9. The molecule has 1 N–H and O–H groups in total. The van der Waals surface area contributed by atoms with Gasteiger partial charge in [0, 0.05) is 34.8 Å². The summed E-state index contributed by atoms with van der Waals surface area (Å²) in [6.07, 6.45) is 7.41. The van der Waals surface area contributed by atoms with E-state index in [-0.39, 0.29) is 41.5 Å². The van der Waals surface area contributed by atoms with Crippen LogP contribution in [-0.2, 0) is 27.7 Å². The van der Waals surface area contributed by atoms with Crippen LogP contribution in [-0.4, -0.2) is 46.6 Å². The molecule has 11 heteroatoms. The van der Waals surface area contributed by atoms with Crippen molar-refractivity contribution < 1.29 is 22.3 Å². The van der Waals surface area contributed by atoms with E-state index in [2.05, 4.69) is 15.3 Å². The average Bonchev–Trinajstić information content (AvgIpc) is 3.76. The molecule has 2 aliphatic rings. The lowest BCUT2D eigenvalue weighted by Gasteiger charge is -2.11. The predicted molar refractivity (Wildman–Crippen MR) is 132 cm³/mol. The van der Waals surface area contributed by atoms with Crippen molar-refractivity contribution in [1.82, 2.24) is 25.3 Å². The summed E-state index contributed by atoms with van der Waals surface area (Å²) >= 11 is 0. The highest BCUT2D eigenvalue weighted by Crippen LogP contribution is 2.39. The van der Waals surface area contributed by atoms with Gasteiger partial charge in [-0.05, 0) is 43.2 Å². The Labute approximate surface area is 212 Å². The number of hydrogen-bond acceptors (Lipinski definition) is 8. The fraction of sp³-hybridized carbons (Fsp3) is 0.269. The minimum atomic E-state index is -3.75. The molecule has 0 unspecified atom stereocenters. The van der Waals surface area contributed by atoms with E-state index in [9.17, 15) is 17.6 Å². The highest BCUT2D eigenvalue weighted by molar-refractivity contribution is 7.91. The standard InChI is InChI=1S/C26H22FN5O4S/c27-20-7-17(8-25-19(20)14-36-5-6-37(25,34)35)26(33)30-11-18-9-22-16(10-29-18)3-4-21(31-22)24-13-28-12-23(32-24)15-1-2-15/h3-4,7-10,12-13,15H,1-2,5-6,11,14H2,(H,30,33). The quantitative estimate of drug-likeness (QED) is 0.426. The third-order valence-electron chi connectivity index (χ3n) is 6.47. The van der Waals surface area contributed by atoms with Crippen LogP contribution in [0.15, 0.2) is 53.8 Å². The van der Waals surface area contributed by atoms with Crippen LogP contribution >= 0.6 is 0 Å². The molecule has 0 atom stereocenters. The summed E-state index contributed by atoms with van der Waals surface area (Å²) in [6.45, 7) is -0.138. The largest absolute Gasteiger partial charge is 0.376 e. The number of nitrogens with one attached hydrogen (secondary N) is 1. The number of carbonyl (C=O) groups is 1. The van der Waals surface area contributed by atoms with Crippen molar-refractivity contribution in [2.45, 2.75) is 36.8 Å². The van der Waals surface area contributed by atoms with Crippen molar-refractivity contribution in [1.29, 1.82) is 0 Å². The number of benzene rings is 1. The van der Waals surface area contributed by atoms with Gasteiger partial charge in [0.2, 0.25) is 0 Å². The Morgan fingerprint density at radius 2 is 1.95 bits per heavy atom. The highest BCUT2D eigenvalue weighted by atomic mass is 32.2. The summed E-state index contributed by atoms with van der Waals surface area (Å²) in [5, 5.41) is 3.51. The van der Waals surface area contributed by atoms with Gasteiger partial charge >= 0.3 is 0 Å². The van der Waals surface area contributed by atoms with Crippen molar-refractivity contribution in [2.24, 2.45) is 0 Å². The molecule has 0 saturated heterocycles. The first-order chi connectivity index (χ1) is 17.9. The number of carbonyl (C=O) groups excluding carboxylic acids is 1. The molecule has 188 valence electrons. The van der Waals surface area contributed by atoms with Crippen molar-refractivity contribution >= 4 is 26.6 Å². The molecule has 1 aliphatic heterocycles. The maximum Gasteiger partial charge on any atom is 0.251 e. The molecule has 1 aromatic carbocycles. The summed E-state index contributed by atoms with van der Waals surface area (Å²) in [7, 11) is -3.75. The lowest BCUT2D eigenvalue weighted by atomic mass is 10.1. The second-order valence-electron chi connectivity index (χ2n) is 9.16. The minimum absolute atomic E-state index is 0.0279. The summed E-state index contributed by atoms with van der Waals surface area (Å²) in [5.74, 6) is -1.19. The molecule has 4 aromatic rings. The second kappa shape index (κ2) is 9.24. The van der Waals surface area contributed by atoms with Crippen LogP contribution in [0.3, 0.4) is 0 Å². The van der Waals surface area contributed by atoms with Gasteiger partial charge in [-0.1, -0.05) is 0 Å². The van der Waals surface area contributed by atoms with Gasteiger partial charge in [0.15, 0.2) is 9.84 Å². The van der Waals surface area contributed by atoms with E-state index in [1.807, 2.05) is 12.1 Å². The van der Waals surface area contributed by atoms with Crippen molar-refractivity contribution in [3.63, 3.8) is 0 Å². The number of fused-ring (bicyclic) bond motifs is 2. The fourth-order valence-electron chi connectivity index (χ4n) is 4.26. The molecule has 6 rings (SSSR count). The van der Waals surface area contributed by atoms with Gasteiger partial charge in [-0.2, -0.15) is 0 Å². The van der Waals surface area contributed by atoms with Crippen LogP contribution in [0.25, 0.3) is 22.3 Å². The number of rotatable bonds is 5. The zero-order valence-electron chi connectivity index (χ0n) is 19.6. The Morgan fingerprint density at radius 1 is 1.08 bits per heavy atom. The maximum atomic E-state index is 14.6. The first-order valence-electron chi connectivity index (χ1n) is 11.9. The van der Waals surface area contributed by atoms with Crippen molar-refractivity contribution in [2.75, 3.05) is 12.4 Å². The molecule has 1 amide bonds. The number of hydrogen-bond donors (Lipinski definition) is 1. The number of ether oxygens (including phenoxy) is 1. The molecule has 1 aliphatic carbocycles. The Balaban J connectivity index is 1.23. The van der Waals surface area contributed by atoms with Crippen molar-refractivity contribution in [3.8, 4) is 11.4 Å². The number of sulfone groups is 1. The third-order valence-corrected chi connectivity index (χ3v) is 8.20. The van der Waals surface area contributed by atoms with Gasteiger partial charge in [-0.3, -0.25) is 14.8 Å². The zero-order chi connectivity index (χ0) is 25.6. The smallest absolute Gasteiger partial charge is 0.251 e. The fourth-order valence-corrected chi connectivity index (χ4v) is 5.66. The molecular formula is C26H22FN5O4S. The second-order valence-corrected chi connectivity index (χ2v) is 11.2. The Kier molecular flexibility index (Phi) is 5.88. The Hall–Kier alpha value is -3.83. The summed E-state index contributed by atoms with van der Waals surface area (Å²) in [4.78, 5) is 30.7. The molecule has 37 heavy (non-hydrogen) atoms. The number of nitrogens with zero attached hydrogens (tertiary/aromatic N) is 4. The summed E-state index contributed by atoms with van der Waals surface area (Å²) in [5.41, 5.74) is 3.44. The van der Waals surface area contributed by atoms with Gasteiger partial charge in [0.05, 0.1) is 59.2 Å². The first kappa shape index (κ1) is 23.6. The van der Waals surface area contributed by atoms with Crippen LogP contribution < -0.4 is 5.32 Å². The lowest BCUT2D eigenvalue weighted by Crippen LogP contribution is -2.24. The van der Waals surface area contributed by atoms with E-state index < -0.39 is 21.6 Å². The number of aromatic nitrogens is 4. The number of amides is 1. The third kappa shape index (κ3) is 4.79. The van der Waals surface area contributed by atoms with Gasteiger partial charge in [0.25, 0.3) is 5.91 Å². The number of pyridine rings is 2. The molecule has 0 radical (unpaired) electrons. The predicted octanol–water partition coefficient (Wildman–Crippen LogP) is 3.34. The van der Waals surface area contributed by atoms with Crippen LogP contribution in [0.1, 0.15) is 46.1 Å². The molecular weight excluding hydrogens is 497 g/mol. The van der Waals surface area contributed by atoms with E-state index in [1.165, 1.54) is 6.07 Å². The molecule has 0 spiro atoms. The van der Waals surface area contributed by atoms with E-state index in [1.54, 1.807) is 24.7 Å². The summed E-state index contributed by atoms with van der Waals surface area (Å²) in [6, 6.07) is 7.77. The van der Waals surface area contributed by atoms with Crippen molar-refractivity contribution in [3.05, 3.63) is 77.3 Å². The van der Waals surface area contributed by atoms with E-state index >= 15 is 0 Å². The van der Waals surface area contributed by atoms with Gasteiger partial charge in [0.1, 0.15) is 11.5 Å². The lowest BCUT2D eigenvalue weighted by molar-refractivity contribution is 0.0949. The molecule has 9 nitrogen and oxygen atoms in total. The Bertz CT molecular complexity index is 1660. The van der Waals surface area contributed by atoms with E-state index in [0.717, 1.165) is 30.0 Å². The Morgan fingerprint density at radius 3 is 2.78 bits per heavy atom. The number of halogens is 1. The maximum absolute atomic E-state index is 14.6. The van der Waals surface area contributed by atoms with Gasteiger partial charge < -0.3 is 10.1 Å². The molecule has 0 bridgehead atoms. The molecule has 4 heterocycles. The van der Waals surface area contributed by atoms with Gasteiger partial charge in [-0.25, -0.2) is 22.8 Å². The van der Waals surface area contributed by atoms with E-state index in [0.29, 0.717) is 28.5 Å². The monoisotopic (exact) mass is 519 g/mol. The molecule has 1 saturated carbocycles. The normalized spacial score (nSPS) is 16.7. The van der Waals surface area contributed by atoms with Gasteiger partial charge in [-0.15, -0.1) is 0 Å². The topological polar surface area (TPSA) is 124 Å². The van der Waals surface area contributed by atoms with Crippen LogP contribution in [0.2, 0.25) is 0 Å². The van der Waals surface area contributed by atoms with Crippen LogP contribution in [0, 0.1) is 5.82 Å². The van der Waals surface area contributed by atoms with Crippen LogP contribution in [0.4, 0.5) is 4.39 Å². The average molecular weight is 520 g/mol. The van der Waals surface area contributed by atoms with E-state index in [4.69, 9.17) is 14.7 Å². The molecule has 1 fully saturated rings. The highest BCUT2D eigenvalue weighted by Gasteiger charge is 2.27. The minimum Gasteiger partial charge on any atom is -0.376 e. The zero-order valence-corrected chi connectivity index (χ0v) is 20.5. The van der Waals surface area contributed by atoms with Crippen LogP contribution in [0.5, 0.6) is 0 Å². The SMILES string of the molecule is O=C(NCc1cc2nc(-c3cncc(C4CC4)n3)ccc2cn1)c1cc(F)c2c(c1)S(=O)(=O)CCOC2. The first-order valence-corrected chi connectivity index (χ1v) is 13.5.